The van der Waals surface area contributed by atoms with Crippen LogP contribution in [0.15, 0.2) is 139 Å². The minimum absolute atomic E-state index is 0.00986. The van der Waals surface area contributed by atoms with Crippen molar-refractivity contribution in [3.8, 4) is 16.9 Å². The largest absolute Gasteiger partial charge is 0.573 e. The van der Waals surface area contributed by atoms with Crippen molar-refractivity contribution in [2.45, 2.75) is 89.3 Å². The number of anilines is 1. The van der Waals surface area contributed by atoms with Gasteiger partial charge in [0.1, 0.15) is 5.75 Å². The molecule has 1 saturated carbocycles. The van der Waals surface area contributed by atoms with E-state index in [1.807, 2.05) is 78.9 Å². The van der Waals surface area contributed by atoms with Crippen LogP contribution in [0, 0.1) is 5.41 Å². The summed E-state index contributed by atoms with van der Waals surface area (Å²) >= 11 is 0. The van der Waals surface area contributed by atoms with E-state index in [1.165, 1.54) is 29.2 Å². The topological polar surface area (TPSA) is 99.1 Å². The highest BCUT2D eigenvalue weighted by molar-refractivity contribution is 6.14. The number of amides is 2. The number of ketones is 1. The van der Waals surface area contributed by atoms with E-state index in [-0.39, 0.29) is 30.5 Å². The van der Waals surface area contributed by atoms with Crippen LogP contribution in [0.2, 0.25) is 0 Å². The zero-order chi connectivity index (χ0) is 42.5. The van der Waals surface area contributed by atoms with Crippen LogP contribution in [-0.4, -0.2) is 51.5 Å². The van der Waals surface area contributed by atoms with Gasteiger partial charge in [-0.1, -0.05) is 116 Å². The lowest BCUT2D eigenvalue weighted by atomic mass is 9.64. The zero-order valence-electron chi connectivity index (χ0n) is 33.9. The Labute approximate surface area is 349 Å². The van der Waals surface area contributed by atoms with Crippen molar-refractivity contribution in [1.82, 2.24) is 4.90 Å². The van der Waals surface area contributed by atoms with Crippen LogP contribution in [0.25, 0.3) is 11.1 Å². The number of ether oxygens (including phenoxy) is 1. The molecule has 4 atom stereocenters. The second-order valence-electron chi connectivity index (χ2n) is 16.5. The molecule has 3 aliphatic rings. The maximum absolute atomic E-state index is 15.0. The molecule has 7 nitrogen and oxygen atoms in total. The van der Waals surface area contributed by atoms with Gasteiger partial charge in [0.2, 0.25) is 0 Å². The Morgan fingerprint density at radius 3 is 2.25 bits per heavy atom. The van der Waals surface area contributed by atoms with Crippen LogP contribution in [0.1, 0.15) is 90.9 Å². The Morgan fingerprint density at radius 2 is 1.53 bits per heavy atom. The molecule has 3 aliphatic carbocycles. The number of hydrogen-bond donors (Lipinski definition) is 3. The fraction of sp³-hybridized carbons (Fsp3) is 0.320. The van der Waals surface area contributed by atoms with E-state index in [1.54, 1.807) is 24.3 Å². The quantitative estimate of drug-likeness (QED) is 0.102. The van der Waals surface area contributed by atoms with Gasteiger partial charge < -0.3 is 25.2 Å². The Morgan fingerprint density at radius 1 is 0.850 bits per heavy atom. The van der Waals surface area contributed by atoms with Crippen LogP contribution in [0.5, 0.6) is 5.75 Å². The Hall–Kier alpha value is -5.71. The van der Waals surface area contributed by atoms with Crippen molar-refractivity contribution >= 4 is 17.5 Å². The number of nitrogens with one attached hydrogen (secondary N) is 1. The van der Waals surface area contributed by atoms with Crippen molar-refractivity contribution < 1.29 is 37.7 Å². The second-order valence-corrected chi connectivity index (χ2v) is 16.5. The number of carbonyl (C=O) groups is 2. The van der Waals surface area contributed by atoms with E-state index in [9.17, 15) is 28.2 Å². The predicted molar refractivity (Wildman–Crippen MR) is 228 cm³/mol. The number of aliphatic hydroxyl groups excluding tert-OH is 1. The highest BCUT2D eigenvalue weighted by Gasteiger charge is 2.57. The highest BCUT2D eigenvalue weighted by atomic mass is 19.4. The molecular weight excluding hydrogens is 766 g/mol. The van der Waals surface area contributed by atoms with E-state index < -0.39 is 29.5 Å². The number of urea groups is 1. The molecule has 2 bridgehead atoms. The number of alkyl halides is 3. The average molecular weight is 817 g/mol. The van der Waals surface area contributed by atoms with E-state index in [2.05, 4.69) is 30.0 Å². The monoisotopic (exact) mass is 816 g/mol. The highest BCUT2D eigenvalue weighted by Crippen LogP contribution is 2.59. The van der Waals surface area contributed by atoms with Crippen LogP contribution >= 0.6 is 0 Å². The van der Waals surface area contributed by atoms with Gasteiger partial charge in [-0.2, -0.15) is 0 Å². The molecule has 0 heterocycles. The molecule has 0 aliphatic heterocycles. The summed E-state index contributed by atoms with van der Waals surface area (Å²) in [6.45, 7) is 4.01. The molecule has 4 unspecified atom stereocenters. The molecule has 5 aromatic carbocycles. The molecule has 0 saturated heterocycles. The minimum atomic E-state index is -4.85. The third kappa shape index (κ3) is 9.67. The molecule has 0 radical (unpaired) electrons. The number of carbonyl (C=O) groups excluding carboxylic acids is 2. The molecule has 1 fully saturated rings. The van der Waals surface area contributed by atoms with Gasteiger partial charge in [0.05, 0.1) is 18.2 Å². The van der Waals surface area contributed by atoms with Crippen molar-refractivity contribution in [3.05, 3.63) is 167 Å². The fourth-order valence-corrected chi connectivity index (χ4v) is 9.15. The summed E-state index contributed by atoms with van der Waals surface area (Å²) in [5.41, 5.74) is 4.34. The van der Waals surface area contributed by atoms with Crippen LogP contribution in [0.4, 0.5) is 23.7 Å². The number of aliphatic hydroxyl groups is 2. The van der Waals surface area contributed by atoms with Gasteiger partial charge in [0, 0.05) is 28.8 Å². The standard InChI is InChI=1S/C50H51F3N2O5/c1-34-12-11-28-48(2)45(42-26-22-36(30-39(56)23-19-34)31-44(42)46(57)43-18-10-9-17-41(43)37-13-5-3-6-14-37)27-29-49(48,59)33-55(47(58)54-38-15-7-4-8-16-38)32-35-20-24-40(25-21-35)60-50(51,52)53/h3-10,12-18,20-22,24-26,31,39,45,56,59H,11,19,23,27-30,32-33H2,1-2H3,(H,54,58). The van der Waals surface area contributed by atoms with Gasteiger partial charge in [-0.3, -0.25) is 4.79 Å². The van der Waals surface area contributed by atoms with Gasteiger partial charge >= 0.3 is 12.4 Å². The van der Waals surface area contributed by atoms with Gasteiger partial charge in [-0.15, -0.1) is 13.2 Å². The van der Waals surface area contributed by atoms with Crippen molar-refractivity contribution in [1.29, 1.82) is 0 Å². The number of allylic oxidation sites excluding steroid dienone is 2. The Balaban J connectivity index is 1.30. The molecule has 2 amide bonds. The molecule has 10 heteroatoms. The van der Waals surface area contributed by atoms with Crippen molar-refractivity contribution in [3.63, 3.8) is 0 Å². The summed E-state index contributed by atoms with van der Waals surface area (Å²) in [5, 5.41) is 27.2. The molecule has 0 spiro atoms. The summed E-state index contributed by atoms with van der Waals surface area (Å²) in [5.74, 6) is -0.835. The van der Waals surface area contributed by atoms with Crippen molar-refractivity contribution in [2.75, 3.05) is 11.9 Å². The lowest BCUT2D eigenvalue weighted by Crippen LogP contribution is -2.54. The first kappa shape index (κ1) is 42.4. The van der Waals surface area contributed by atoms with Gasteiger partial charge in [-0.25, -0.2) is 4.79 Å². The lowest BCUT2D eigenvalue weighted by molar-refractivity contribution is -0.274. The number of hydrogen-bond acceptors (Lipinski definition) is 5. The predicted octanol–water partition coefficient (Wildman–Crippen LogP) is 11.3. The van der Waals surface area contributed by atoms with E-state index in [0.717, 1.165) is 27.8 Å². The van der Waals surface area contributed by atoms with Crippen LogP contribution in [0.3, 0.4) is 0 Å². The smallest absolute Gasteiger partial charge is 0.406 e. The summed E-state index contributed by atoms with van der Waals surface area (Å²) in [4.78, 5) is 30.8. The number of rotatable bonds is 9. The first-order chi connectivity index (χ1) is 28.7. The third-order valence-corrected chi connectivity index (χ3v) is 12.5. The first-order valence-corrected chi connectivity index (χ1v) is 20.5. The first-order valence-electron chi connectivity index (χ1n) is 20.5. The van der Waals surface area contributed by atoms with Gasteiger partial charge in [-0.05, 0) is 116 Å². The molecule has 5 aromatic rings. The SMILES string of the molecule is CC1=CCCC2(C)C(CCC2(O)CN(Cc2ccc(OC(F)(F)F)cc2)C(=O)Nc2ccccc2)c2ccc(cc2C(=O)c2ccccc2-c2ccccc2)CC(O)CC1. The number of para-hydroxylation sites is 1. The van der Waals surface area contributed by atoms with Crippen molar-refractivity contribution in [2.24, 2.45) is 5.41 Å². The number of fused-ring (bicyclic) bond motifs is 8. The fourth-order valence-electron chi connectivity index (χ4n) is 9.15. The Kier molecular flexibility index (Phi) is 12.6. The molecule has 0 aromatic heterocycles. The molecule has 60 heavy (non-hydrogen) atoms. The summed E-state index contributed by atoms with van der Waals surface area (Å²) in [6, 6.07) is 37.1. The second kappa shape index (κ2) is 17.9. The number of nitrogens with zero attached hydrogens (tertiary/aromatic N) is 1. The maximum Gasteiger partial charge on any atom is 0.573 e. The lowest BCUT2D eigenvalue weighted by Gasteiger charge is -2.46. The van der Waals surface area contributed by atoms with E-state index in [0.29, 0.717) is 67.3 Å². The molecular formula is C50H51F3N2O5. The number of halogens is 3. The molecule has 3 N–H and O–H groups in total. The number of benzene rings is 5. The maximum atomic E-state index is 15.0. The molecule has 8 rings (SSSR count). The minimum Gasteiger partial charge on any atom is -0.406 e. The van der Waals surface area contributed by atoms with Gasteiger partial charge in [0.15, 0.2) is 5.78 Å². The van der Waals surface area contributed by atoms with Gasteiger partial charge in [0.25, 0.3) is 0 Å². The van der Waals surface area contributed by atoms with Crippen LogP contribution in [-0.2, 0) is 13.0 Å². The normalized spacial score (nSPS) is 21.9. The summed E-state index contributed by atoms with van der Waals surface area (Å²) < 4.78 is 43.0. The summed E-state index contributed by atoms with van der Waals surface area (Å²) in [6.07, 6.45) is 0.344. The Bertz CT molecular complexity index is 2310. The third-order valence-electron chi connectivity index (χ3n) is 12.5. The molecule has 312 valence electrons. The van der Waals surface area contributed by atoms with Crippen LogP contribution < -0.4 is 10.1 Å². The van der Waals surface area contributed by atoms with E-state index in [4.69, 9.17) is 0 Å². The average Bonchev–Trinajstić information content (AvgIpc) is 3.48. The summed E-state index contributed by atoms with van der Waals surface area (Å²) in [7, 11) is 0. The zero-order valence-corrected chi connectivity index (χ0v) is 33.9. The van der Waals surface area contributed by atoms with E-state index >= 15 is 4.79 Å².